The van der Waals surface area contributed by atoms with E-state index in [4.69, 9.17) is 5.11 Å². The molecule has 4 heteroatoms. The number of hydrogen-bond donors (Lipinski definition) is 2. The predicted octanol–water partition coefficient (Wildman–Crippen LogP) is 3.68. The highest BCUT2D eigenvalue weighted by molar-refractivity contribution is 7.10. The Bertz CT molecular complexity index is 575. The first-order valence-electron chi connectivity index (χ1n) is 5.69. The van der Waals surface area contributed by atoms with Crippen LogP contribution in [0.25, 0.3) is 0 Å². The van der Waals surface area contributed by atoms with Crippen LogP contribution in [0.15, 0.2) is 29.6 Å². The molecule has 0 aliphatic carbocycles. The summed E-state index contributed by atoms with van der Waals surface area (Å²) in [7, 11) is 0. The van der Waals surface area contributed by atoms with E-state index in [2.05, 4.69) is 18.3 Å². The van der Waals surface area contributed by atoms with Crippen LogP contribution in [0.5, 0.6) is 0 Å². The smallest absolute Gasteiger partial charge is 0.337 e. The minimum Gasteiger partial charge on any atom is -0.478 e. The Labute approximate surface area is 110 Å². The fourth-order valence-corrected chi connectivity index (χ4v) is 2.68. The van der Waals surface area contributed by atoms with Gasteiger partial charge in [-0.3, -0.25) is 0 Å². The number of hydrogen-bond acceptors (Lipinski definition) is 3. The van der Waals surface area contributed by atoms with Gasteiger partial charge >= 0.3 is 5.97 Å². The molecule has 0 atom stereocenters. The van der Waals surface area contributed by atoms with E-state index < -0.39 is 5.97 Å². The third-order valence-corrected chi connectivity index (χ3v) is 3.92. The number of carboxylic acid groups (broad SMARTS) is 1. The van der Waals surface area contributed by atoms with Gasteiger partial charge in [-0.15, -0.1) is 11.3 Å². The van der Waals surface area contributed by atoms with Crippen LogP contribution >= 0.6 is 11.3 Å². The van der Waals surface area contributed by atoms with Crippen molar-refractivity contribution in [3.8, 4) is 0 Å². The molecule has 0 fully saturated rings. The average molecular weight is 261 g/mol. The van der Waals surface area contributed by atoms with Crippen molar-refractivity contribution in [3.63, 3.8) is 0 Å². The van der Waals surface area contributed by atoms with Crippen LogP contribution in [0.3, 0.4) is 0 Å². The van der Waals surface area contributed by atoms with Crippen molar-refractivity contribution in [2.24, 2.45) is 0 Å². The molecule has 0 saturated carbocycles. The summed E-state index contributed by atoms with van der Waals surface area (Å²) in [5.41, 5.74) is 3.21. The van der Waals surface area contributed by atoms with E-state index in [0.717, 1.165) is 5.56 Å². The molecule has 2 rings (SSSR count). The minimum absolute atomic E-state index is 0.323. The molecule has 0 aliphatic heterocycles. The molecular weight excluding hydrogens is 246 g/mol. The molecule has 1 aromatic heterocycles. The highest BCUT2D eigenvalue weighted by Crippen LogP contribution is 2.23. The third-order valence-electron chi connectivity index (χ3n) is 2.90. The van der Waals surface area contributed by atoms with Gasteiger partial charge in [0, 0.05) is 11.4 Å². The van der Waals surface area contributed by atoms with Gasteiger partial charge in [0.15, 0.2) is 0 Å². The van der Waals surface area contributed by atoms with Crippen molar-refractivity contribution in [2.45, 2.75) is 20.4 Å². The number of rotatable bonds is 4. The first kappa shape index (κ1) is 12.6. The molecule has 18 heavy (non-hydrogen) atoms. The van der Waals surface area contributed by atoms with E-state index in [-0.39, 0.29) is 0 Å². The SMILES string of the molecule is Cc1ccsc1CNc1c(C)cccc1C(=O)O. The van der Waals surface area contributed by atoms with Crippen molar-refractivity contribution in [1.29, 1.82) is 0 Å². The van der Waals surface area contributed by atoms with Crippen LogP contribution in [0.4, 0.5) is 5.69 Å². The monoisotopic (exact) mass is 261 g/mol. The fourth-order valence-electron chi connectivity index (χ4n) is 1.83. The Kier molecular flexibility index (Phi) is 3.67. The van der Waals surface area contributed by atoms with Crippen LogP contribution in [0, 0.1) is 13.8 Å². The molecule has 0 unspecified atom stereocenters. The minimum atomic E-state index is -0.899. The molecule has 0 bridgehead atoms. The summed E-state index contributed by atoms with van der Waals surface area (Å²) in [6, 6.07) is 7.37. The van der Waals surface area contributed by atoms with E-state index in [1.54, 1.807) is 23.5 Å². The lowest BCUT2D eigenvalue weighted by Gasteiger charge is -2.12. The van der Waals surface area contributed by atoms with Gasteiger partial charge in [-0.05, 0) is 42.5 Å². The van der Waals surface area contributed by atoms with E-state index in [0.29, 0.717) is 17.8 Å². The Morgan fingerprint density at radius 1 is 1.28 bits per heavy atom. The first-order chi connectivity index (χ1) is 8.59. The maximum atomic E-state index is 11.2. The highest BCUT2D eigenvalue weighted by atomic mass is 32.1. The number of nitrogens with one attached hydrogen (secondary N) is 1. The van der Waals surface area contributed by atoms with Crippen molar-refractivity contribution < 1.29 is 9.90 Å². The molecule has 0 aliphatic rings. The number of thiophene rings is 1. The summed E-state index contributed by atoms with van der Waals surface area (Å²) < 4.78 is 0. The maximum absolute atomic E-state index is 11.2. The number of aryl methyl sites for hydroxylation is 2. The van der Waals surface area contributed by atoms with E-state index in [1.807, 2.05) is 18.4 Å². The molecule has 2 aromatic rings. The second kappa shape index (κ2) is 5.23. The largest absolute Gasteiger partial charge is 0.478 e. The Balaban J connectivity index is 2.24. The summed E-state index contributed by atoms with van der Waals surface area (Å²) in [5.74, 6) is -0.899. The molecule has 1 aromatic carbocycles. The fraction of sp³-hybridized carbons (Fsp3) is 0.214. The summed E-state index contributed by atoms with van der Waals surface area (Å²) >= 11 is 1.68. The van der Waals surface area contributed by atoms with Crippen LogP contribution in [0.2, 0.25) is 0 Å². The van der Waals surface area contributed by atoms with Gasteiger partial charge in [0.05, 0.1) is 11.3 Å². The zero-order chi connectivity index (χ0) is 13.1. The van der Waals surface area contributed by atoms with E-state index in [9.17, 15) is 4.79 Å². The van der Waals surface area contributed by atoms with Crippen molar-refractivity contribution in [2.75, 3.05) is 5.32 Å². The van der Waals surface area contributed by atoms with Crippen molar-refractivity contribution in [1.82, 2.24) is 0 Å². The molecule has 0 saturated heterocycles. The number of anilines is 1. The number of benzene rings is 1. The second-order valence-electron chi connectivity index (χ2n) is 4.18. The summed E-state index contributed by atoms with van der Waals surface area (Å²) in [6.07, 6.45) is 0. The molecule has 3 nitrogen and oxygen atoms in total. The quantitative estimate of drug-likeness (QED) is 0.882. The lowest BCUT2D eigenvalue weighted by Crippen LogP contribution is -2.07. The molecule has 94 valence electrons. The van der Waals surface area contributed by atoms with Gasteiger partial charge in [0.1, 0.15) is 0 Å². The Morgan fingerprint density at radius 2 is 2.06 bits per heavy atom. The van der Waals surface area contributed by atoms with Gasteiger partial charge in [0.2, 0.25) is 0 Å². The molecular formula is C14H15NO2S. The number of aromatic carboxylic acids is 1. The Morgan fingerprint density at radius 3 is 2.67 bits per heavy atom. The summed E-state index contributed by atoms with van der Waals surface area (Å²) in [4.78, 5) is 12.4. The van der Waals surface area contributed by atoms with Crippen molar-refractivity contribution >= 4 is 23.0 Å². The lowest BCUT2D eigenvalue weighted by atomic mass is 10.1. The lowest BCUT2D eigenvalue weighted by molar-refractivity contribution is 0.0698. The van der Waals surface area contributed by atoms with Gasteiger partial charge in [-0.25, -0.2) is 4.79 Å². The highest BCUT2D eigenvalue weighted by Gasteiger charge is 2.12. The van der Waals surface area contributed by atoms with E-state index >= 15 is 0 Å². The normalized spacial score (nSPS) is 10.3. The third kappa shape index (κ3) is 2.54. The molecule has 0 radical (unpaired) electrons. The summed E-state index contributed by atoms with van der Waals surface area (Å²) in [5, 5.41) is 14.4. The second-order valence-corrected chi connectivity index (χ2v) is 5.18. The topological polar surface area (TPSA) is 49.3 Å². The van der Waals surface area contributed by atoms with Crippen LogP contribution < -0.4 is 5.32 Å². The molecule has 1 heterocycles. The summed E-state index contributed by atoms with van der Waals surface area (Å²) in [6.45, 7) is 4.63. The van der Waals surface area contributed by atoms with Gasteiger partial charge in [-0.2, -0.15) is 0 Å². The van der Waals surface area contributed by atoms with Crippen molar-refractivity contribution in [3.05, 3.63) is 51.2 Å². The molecule has 0 spiro atoms. The van der Waals surface area contributed by atoms with Gasteiger partial charge in [0.25, 0.3) is 0 Å². The number of para-hydroxylation sites is 1. The Hall–Kier alpha value is -1.81. The number of carboxylic acids is 1. The van der Waals surface area contributed by atoms with Crippen LogP contribution in [0.1, 0.15) is 26.4 Å². The van der Waals surface area contributed by atoms with Crippen LogP contribution in [-0.4, -0.2) is 11.1 Å². The van der Waals surface area contributed by atoms with E-state index in [1.165, 1.54) is 10.4 Å². The maximum Gasteiger partial charge on any atom is 0.337 e. The van der Waals surface area contributed by atoms with Crippen LogP contribution in [-0.2, 0) is 6.54 Å². The zero-order valence-electron chi connectivity index (χ0n) is 10.4. The predicted molar refractivity (Wildman–Crippen MR) is 74.5 cm³/mol. The van der Waals surface area contributed by atoms with Gasteiger partial charge in [-0.1, -0.05) is 12.1 Å². The number of carbonyl (C=O) groups is 1. The standard InChI is InChI=1S/C14H15NO2S/c1-9-6-7-18-12(9)8-15-13-10(2)4-3-5-11(13)14(16)17/h3-7,15H,8H2,1-2H3,(H,16,17). The molecule has 0 amide bonds. The first-order valence-corrected chi connectivity index (χ1v) is 6.57. The van der Waals surface area contributed by atoms with Gasteiger partial charge < -0.3 is 10.4 Å². The molecule has 2 N–H and O–H groups in total. The zero-order valence-corrected chi connectivity index (χ0v) is 11.2. The average Bonchev–Trinajstić information content (AvgIpc) is 2.73.